The molecule has 0 aliphatic carbocycles. The minimum absolute atomic E-state index is 0.322. The van der Waals surface area contributed by atoms with E-state index in [4.69, 9.17) is 15.2 Å². The predicted octanol–water partition coefficient (Wildman–Crippen LogP) is 3.86. The normalized spacial score (nSPS) is 11.4. The molecule has 2 aromatic rings. The first-order valence-electron chi connectivity index (χ1n) is 8.92. The molecule has 0 spiro atoms. The number of anilines is 1. The molecule has 0 aromatic heterocycles. The lowest BCUT2D eigenvalue weighted by molar-refractivity contribution is 0.0954. The van der Waals surface area contributed by atoms with E-state index < -0.39 is 0 Å². The molecule has 0 saturated carbocycles. The molecule has 2 aromatic carbocycles. The molecule has 3 N–H and O–H groups in total. The molecule has 0 fully saturated rings. The van der Waals surface area contributed by atoms with Crippen LogP contribution in [0.5, 0.6) is 11.5 Å². The molecular weight excluding hydrogens is 342 g/mol. The first-order chi connectivity index (χ1) is 12.9. The average molecular weight is 369 g/mol. The number of rotatable bonds is 8. The van der Waals surface area contributed by atoms with Gasteiger partial charge in [-0.15, -0.1) is 0 Å². The Morgan fingerprint density at radius 2 is 1.78 bits per heavy atom. The van der Waals surface area contributed by atoms with Gasteiger partial charge in [-0.2, -0.15) is 5.10 Å². The summed E-state index contributed by atoms with van der Waals surface area (Å²) in [6.07, 6.45) is 0.949. The van der Waals surface area contributed by atoms with E-state index in [0.29, 0.717) is 41.0 Å². The number of hydrogen-bond acceptors (Lipinski definition) is 5. The highest BCUT2D eigenvalue weighted by molar-refractivity contribution is 6.01. The van der Waals surface area contributed by atoms with Gasteiger partial charge in [-0.1, -0.05) is 26.0 Å². The second kappa shape index (κ2) is 9.62. The van der Waals surface area contributed by atoms with Gasteiger partial charge in [-0.3, -0.25) is 4.79 Å². The molecule has 0 saturated heterocycles. The van der Waals surface area contributed by atoms with Gasteiger partial charge < -0.3 is 15.2 Å². The zero-order chi connectivity index (χ0) is 19.8. The number of benzene rings is 2. The largest absolute Gasteiger partial charge is 0.493 e. The Kier molecular flexibility index (Phi) is 7.23. The number of carbonyl (C=O) groups is 1. The second-order valence-corrected chi connectivity index (χ2v) is 6.66. The third-order valence-electron chi connectivity index (χ3n) is 4.03. The van der Waals surface area contributed by atoms with E-state index >= 15 is 0 Å². The van der Waals surface area contributed by atoms with Crippen LogP contribution in [0.25, 0.3) is 0 Å². The Morgan fingerprint density at radius 1 is 1.11 bits per heavy atom. The molecule has 0 atom stereocenters. The van der Waals surface area contributed by atoms with Gasteiger partial charge >= 0.3 is 0 Å². The Hall–Kier alpha value is -3.02. The minimum Gasteiger partial charge on any atom is -0.493 e. The summed E-state index contributed by atoms with van der Waals surface area (Å²) >= 11 is 0. The summed E-state index contributed by atoms with van der Waals surface area (Å²) in [6, 6.07) is 12.4. The average Bonchev–Trinajstić information content (AvgIpc) is 2.66. The van der Waals surface area contributed by atoms with Crippen LogP contribution in [0.3, 0.4) is 0 Å². The highest BCUT2D eigenvalue weighted by atomic mass is 16.5. The van der Waals surface area contributed by atoms with Crippen LogP contribution in [0, 0.1) is 5.92 Å². The van der Waals surface area contributed by atoms with Gasteiger partial charge in [0.05, 0.1) is 19.4 Å². The van der Waals surface area contributed by atoms with Crippen LogP contribution in [0.2, 0.25) is 0 Å². The zero-order valence-electron chi connectivity index (χ0n) is 16.3. The molecule has 2 rings (SSSR count). The molecule has 0 aliphatic rings. The molecule has 6 nitrogen and oxygen atoms in total. The zero-order valence-corrected chi connectivity index (χ0v) is 16.3. The third kappa shape index (κ3) is 6.02. The lowest BCUT2D eigenvalue weighted by Gasteiger charge is -2.12. The van der Waals surface area contributed by atoms with Crippen molar-refractivity contribution in [2.24, 2.45) is 11.0 Å². The maximum atomic E-state index is 12.4. The molecule has 144 valence electrons. The predicted molar refractivity (Wildman–Crippen MR) is 108 cm³/mol. The number of nitrogen functional groups attached to an aromatic ring is 1. The summed E-state index contributed by atoms with van der Waals surface area (Å²) in [7, 11) is 1.55. The van der Waals surface area contributed by atoms with E-state index in [-0.39, 0.29) is 5.91 Å². The van der Waals surface area contributed by atoms with E-state index in [2.05, 4.69) is 24.4 Å². The van der Waals surface area contributed by atoms with Crippen LogP contribution in [0.4, 0.5) is 5.69 Å². The van der Waals surface area contributed by atoms with Gasteiger partial charge in [0.15, 0.2) is 11.5 Å². The summed E-state index contributed by atoms with van der Waals surface area (Å²) in [5, 5.41) is 4.15. The molecule has 27 heavy (non-hydrogen) atoms. The first-order valence-corrected chi connectivity index (χ1v) is 8.92. The molecule has 0 aliphatic heterocycles. The maximum Gasteiger partial charge on any atom is 0.271 e. The second-order valence-electron chi connectivity index (χ2n) is 6.66. The van der Waals surface area contributed by atoms with Gasteiger partial charge in [0.1, 0.15) is 0 Å². The van der Waals surface area contributed by atoms with Crippen molar-refractivity contribution in [3.05, 3.63) is 53.6 Å². The van der Waals surface area contributed by atoms with Gasteiger partial charge in [0.25, 0.3) is 5.91 Å². The lowest BCUT2D eigenvalue weighted by atomic mass is 10.1. The summed E-state index contributed by atoms with van der Waals surface area (Å²) in [6.45, 7) is 6.70. The van der Waals surface area contributed by atoms with Crippen molar-refractivity contribution in [1.29, 1.82) is 0 Å². The summed E-state index contributed by atoms with van der Waals surface area (Å²) in [4.78, 5) is 12.4. The maximum absolute atomic E-state index is 12.4. The molecule has 6 heteroatoms. The molecule has 0 radical (unpaired) electrons. The fraction of sp³-hybridized carbons (Fsp3) is 0.333. The fourth-order valence-corrected chi connectivity index (χ4v) is 2.32. The SMILES string of the molecule is COc1cc(C(=O)N/N=C(/C)c2ccc(N)cc2)ccc1OCCC(C)C. The number of ether oxygens (including phenoxy) is 2. The van der Waals surface area contributed by atoms with Crippen LogP contribution in [0.1, 0.15) is 43.1 Å². The molecule has 1 amide bonds. The number of nitrogens with two attached hydrogens (primary N) is 1. The van der Waals surface area contributed by atoms with Crippen molar-refractivity contribution in [2.45, 2.75) is 27.2 Å². The number of methoxy groups -OCH3 is 1. The fourth-order valence-electron chi connectivity index (χ4n) is 2.32. The quantitative estimate of drug-likeness (QED) is 0.420. The van der Waals surface area contributed by atoms with Crippen molar-refractivity contribution in [2.75, 3.05) is 19.5 Å². The van der Waals surface area contributed by atoms with Gasteiger partial charge in [0.2, 0.25) is 0 Å². The topological polar surface area (TPSA) is 85.9 Å². The van der Waals surface area contributed by atoms with Crippen LogP contribution in [0.15, 0.2) is 47.6 Å². The number of hydrogen-bond donors (Lipinski definition) is 2. The highest BCUT2D eigenvalue weighted by Gasteiger charge is 2.11. The van der Waals surface area contributed by atoms with Crippen LogP contribution in [-0.4, -0.2) is 25.3 Å². The Bertz CT molecular complexity index is 799. The van der Waals surface area contributed by atoms with E-state index in [1.165, 1.54) is 0 Å². The summed E-state index contributed by atoms with van der Waals surface area (Å²) in [5.74, 6) is 1.38. The minimum atomic E-state index is -0.322. The van der Waals surface area contributed by atoms with Crippen molar-refractivity contribution in [3.8, 4) is 11.5 Å². The summed E-state index contributed by atoms with van der Waals surface area (Å²) in [5.41, 5.74) is 10.9. The van der Waals surface area contributed by atoms with Gasteiger partial charge in [0, 0.05) is 11.3 Å². The lowest BCUT2D eigenvalue weighted by Crippen LogP contribution is -2.19. The molecule has 0 bridgehead atoms. The van der Waals surface area contributed by atoms with E-state index in [1.807, 2.05) is 19.1 Å². The Morgan fingerprint density at radius 3 is 2.41 bits per heavy atom. The van der Waals surface area contributed by atoms with E-state index in [1.54, 1.807) is 37.4 Å². The third-order valence-corrected chi connectivity index (χ3v) is 4.03. The van der Waals surface area contributed by atoms with Gasteiger partial charge in [-0.05, 0) is 55.2 Å². The van der Waals surface area contributed by atoms with Crippen molar-refractivity contribution < 1.29 is 14.3 Å². The van der Waals surface area contributed by atoms with E-state index in [0.717, 1.165) is 12.0 Å². The van der Waals surface area contributed by atoms with Crippen molar-refractivity contribution in [3.63, 3.8) is 0 Å². The molecule has 0 heterocycles. The van der Waals surface area contributed by atoms with Gasteiger partial charge in [-0.25, -0.2) is 5.43 Å². The van der Waals surface area contributed by atoms with Crippen molar-refractivity contribution in [1.82, 2.24) is 5.43 Å². The molecular formula is C21H27N3O3. The number of amides is 1. The monoisotopic (exact) mass is 369 g/mol. The molecule has 0 unspecified atom stereocenters. The first kappa shape index (κ1) is 20.3. The van der Waals surface area contributed by atoms with Crippen LogP contribution < -0.4 is 20.6 Å². The number of nitrogens with one attached hydrogen (secondary N) is 1. The standard InChI is InChI=1S/C21H27N3O3/c1-14(2)11-12-27-19-10-7-17(13-20(19)26-4)21(25)24-23-15(3)16-5-8-18(22)9-6-16/h5-10,13-14H,11-12,22H2,1-4H3,(H,24,25)/b23-15-. The van der Waals surface area contributed by atoms with Crippen LogP contribution >= 0.6 is 0 Å². The number of hydrazone groups is 1. The number of nitrogens with zero attached hydrogens (tertiary/aromatic N) is 1. The highest BCUT2D eigenvalue weighted by Crippen LogP contribution is 2.28. The van der Waals surface area contributed by atoms with Crippen molar-refractivity contribution >= 4 is 17.3 Å². The summed E-state index contributed by atoms with van der Waals surface area (Å²) < 4.78 is 11.1. The van der Waals surface area contributed by atoms with Crippen LogP contribution in [-0.2, 0) is 0 Å². The Balaban J connectivity index is 2.05. The van der Waals surface area contributed by atoms with E-state index in [9.17, 15) is 4.79 Å². The number of carbonyl (C=O) groups excluding carboxylic acids is 1. The smallest absolute Gasteiger partial charge is 0.271 e. The Labute approximate surface area is 160 Å².